The first-order valence-electron chi connectivity index (χ1n) is 6.65. The second kappa shape index (κ2) is 6.64. The summed E-state index contributed by atoms with van der Waals surface area (Å²) in [6.07, 6.45) is 0.940. The average Bonchev–Trinajstić information content (AvgIpc) is 2.70. The van der Waals surface area contributed by atoms with Gasteiger partial charge in [-0.15, -0.1) is 11.3 Å². The van der Waals surface area contributed by atoms with Crippen LogP contribution in [0.2, 0.25) is 0 Å². The summed E-state index contributed by atoms with van der Waals surface area (Å²) in [6, 6.07) is 0. The molecule has 0 amide bonds. The van der Waals surface area contributed by atoms with E-state index in [2.05, 4.69) is 44.9 Å². The fourth-order valence-electron chi connectivity index (χ4n) is 1.68. The van der Waals surface area contributed by atoms with Gasteiger partial charge in [0.15, 0.2) is 0 Å². The van der Waals surface area contributed by atoms with Gasteiger partial charge in [0.2, 0.25) is 0 Å². The molecule has 104 valence electrons. The topological polar surface area (TPSA) is 34.1 Å². The second-order valence-corrected chi connectivity index (χ2v) is 6.42. The van der Waals surface area contributed by atoms with Crippen LogP contribution in [0.5, 0.6) is 0 Å². The van der Waals surface area contributed by atoms with Crippen molar-refractivity contribution in [2.45, 2.75) is 53.2 Å². The molecular formula is C14H26N2OS. The number of methoxy groups -OCH3 is 1. The van der Waals surface area contributed by atoms with Gasteiger partial charge in [-0.3, -0.25) is 0 Å². The van der Waals surface area contributed by atoms with E-state index in [1.165, 1.54) is 4.88 Å². The Balaban J connectivity index is 2.75. The number of aryl methyl sites for hydroxylation is 1. The third-order valence-corrected chi connectivity index (χ3v) is 4.71. The first kappa shape index (κ1) is 15.6. The minimum absolute atomic E-state index is 0.244. The molecule has 0 saturated heterocycles. The zero-order chi connectivity index (χ0) is 13.8. The van der Waals surface area contributed by atoms with Crippen molar-refractivity contribution in [2.75, 3.05) is 13.7 Å². The van der Waals surface area contributed by atoms with Gasteiger partial charge < -0.3 is 10.1 Å². The second-order valence-electron chi connectivity index (χ2n) is 5.34. The van der Waals surface area contributed by atoms with E-state index in [1.807, 2.05) is 0 Å². The highest BCUT2D eigenvalue weighted by Crippen LogP contribution is 2.33. The van der Waals surface area contributed by atoms with E-state index in [0.717, 1.165) is 30.2 Å². The van der Waals surface area contributed by atoms with Crippen LogP contribution in [0.4, 0.5) is 0 Å². The molecule has 0 fully saturated rings. The summed E-state index contributed by atoms with van der Waals surface area (Å²) in [6.45, 7) is 12.7. The molecule has 1 unspecified atom stereocenters. The molecule has 1 atom stereocenters. The average molecular weight is 270 g/mol. The van der Waals surface area contributed by atoms with Gasteiger partial charge in [-0.05, 0) is 32.7 Å². The quantitative estimate of drug-likeness (QED) is 0.824. The fourth-order valence-corrected chi connectivity index (χ4v) is 2.90. The lowest BCUT2D eigenvalue weighted by Gasteiger charge is -2.23. The van der Waals surface area contributed by atoms with Crippen LogP contribution in [-0.2, 0) is 16.9 Å². The van der Waals surface area contributed by atoms with Crippen molar-refractivity contribution in [2.24, 2.45) is 5.92 Å². The Morgan fingerprint density at radius 3 is 2.61 bits per heavy atom. The highest BCUT2D eigenvalue weighted by atomic mass is 32.1. The van der Waals surface area contributed by atoms with Crippen molar-refractivity contribution in [3.05, 3.63) is 15.6 Å². The third-order valence-electron chi connectivity index (χ3n) is 3.31. The molecule has 1 aromatic rings. The van der Waals surface area contributed by atoms with Gasteiger partial charge in [-0.1, -0.05) is 20.8 Å². The Morgan fingerprint density at radius 1 is 1.44 bits per heavy atom. The Hall–Kier alpha value is -0.450. The minimum atomic E-state index is -0.244. The molecule has 0 aliphatic heterocycles. The number of nitrogens with zero attached hydrogens (tertiary/aromatic N) is 1. The largest absolute Gasteiger partial charge is 0.371 e. The van der Waals surface area contributed by atoms with Gasteiger partial charge in [0, 0.05) is 18.5 Å². The highest BCUT2D eigenvalue weighted by molar-refractivity contribution is 7.11. The number of aromatic nitrogens is 1. The maximum atomic E-state index is 5.61. The van der Waals surface area contributed by atoms with Gasteiger partial charge in [-0.25, -0.2) is 4.98 Å². The fraction of sp³-hybridized carbons (Fsp3) is 0.786. The number of hydrogen-bond donors (Lipinski definition) is 1. The van der Waals surface area contributed by atoms with Crippen LogP contribution >= 0.6 is 11.3 Å². The molecule has 18 heavy (non-hydrogen) atoms. The van der Waals surface area contributed by atoms with E-state index >= 15 is 0 Å². The zero-order valence-corrected chi connectivity index (χ0v) is 13.3. The van der Waals surface area contributed by atoms with Crippen molar-refractivity contribution in [1.29, 1.82) is 0 Å². The van der Waals surface area contributed by atoms with E-state index in [1.54, 1.807) is 18.4 Å². The molecular weight excluding hydrogens is 244 g/mol. The van der Waals surface area contributed by atoms with Gasteiger partial charge in [0.1, 0.15) is 10.6 Å². The predicted molar refractivity (Wildman–Crippen MR) is 78.0 cm³/mol. The SMILES string of the molecule is CCC(C)(OC)c1nc(C)c(CNCC(C)C)s1. The summed E-state index contributed by atoms with van der Waals surface area (Å²) in [5, 5.41) is 4.56. The number of thiazole rings is 1. The summed E-state index contributed by atoms with van der Waals surface area (Å²) in [5.74, 6) is 0.678. The maximum Gasteiger partial charge on any atom is 0.125 e. The molecule has 1 rings (SSSR count). The van der Waals surface area contributed by atoms with Crippen LogP contribution in [0, 0.1) is 12.8 Å². The molecule has 0 aromatic carbocycles. The Bertz CT molecular complexity index is 370. The molecule has 0 saturated carbocycles. The summed E-state index contributed by atoms with van der Waals surface area (Å²) in [4.78, 5) is 6.00. The van der Waals surface area contributed by atoms with Crippen LogP contribution in [0.15, 0.2) is 0 Å². The van der Waals surface area contributed by atoms with Crippen molar-refractivity contribution in [1.82, 2.24) is 10.3 Å². The van der Waals surface area contributed by atoms with Crippen molar-refractivity contribution >= 4 is 11.3 Å². The van der Waals surface area contributed by atoms with Gasteiger partial charge >= 0.3 is 0 Å². The molecule has 0 aliphatic rings. The van der Waals surface area contributed by atoms with E-state index in [4.69, 9.17) is 4.74 Å². The maximum absolute atomic E-state index is 5.61. The third kappa shape index (κ3) is 3.77. The molecule has 4 heteroatoms. The van der Waals surface area contributed by atoms with Crippen LogP contribution < -0.4 is 5.32 Å². The summed E-state index contributed by atoms with van der Waals surface area (Å²) in [7, 11) is 1.76. The smallest absolute Gasteiger partial charge is 0.125 e. The molecule has 0 aliphatic carbocycles. The summed E-state index contributed by atoms with van der Waals surface area (Å²) in [5.41, 5.74) is 0.883. The van der Waals surface area contributed by atoms with Crippen LogP contribution in [0.1, 0.15) is 49.7 Å². The first-order chi connectivity index (χ1) is 8.42. The Labute approximate surface area is 115 Å². The molecule has 1 N–H and O–H groups in total. The summed E-state index contributed by atoms with van der Waals surface area (Å²) < 4.78 is 5.61. The lowest BCUT2D eigenvalue weighted by molar-refractivity contribution is -0.00163. The lowest BCUT2D eigenvalue weighted by atomic mass is 10.1. The first-order valence-corrected chi connectivity index (χ1v) is 7.47. The zero-order valence-electron chi connectivity index (χ0n) is 12.5. The molecule has 0 bridgehead atoms. The molecule has 1 aromatic heterocycles. The lowest BCUT2D eigenvalue weighted by Crippen LogP contribution is -2.22. The number of nitrogens with one attached hydrogen (secondary N) is 1. The van der Waals surface area contributed by atoms with Gasteiger partial charge in [-0.2, -0.15) is 0 Å². The summed E-state index contributed by atoms with van der Waals surface area (Å²) >= 11 is 1.77. The van der Waals surface area contributed by atoms with Gasteiger partial charge in [0.05, 0.1) is 5.69 Å². The standard InChI is InChI=1S/C14H26N2OS/c1-7-14(5,17-6)13-16-11(4)12(18-13)9-15-8-10(2)3/h10,15H,7-9H2,1-6H3. The van der Waals surface area contributed by atoms with Crippen LogP contribution in [0.25, 0.3) is 0 Å². The van der Waals surface area contributed by atoms with Crippen LogP contribution in [-0.4, -0.2) is 18.6 Å². The highest BCUT2D eigenvalue weighted by Gasteiger charge is 2.28. The predicted octanol–water partition coefficient (Wildman–Crippen LogP) is 3.47. The van der Waals surface area contributed by atoms with E-state index in [-0.39, 0.29) is 5.60 Å². The van der Waals surface area contributed by atoms with E-state index in [9.17, 15) is 0 Å². The molecule has 1 heterocycles. The van der Waals surface area contributed by atoms with Crippen molar-refractivity contribution in [3.63, 3.8) is 0 Å². The molecule has 0 spiro atoms. The Kier molecular flexibility index (Phi) is 5.76. The monoisotopic (exact) mass is 270 g/mol. The van der Waals surface area contributed by atoms with E-state index in [0.29, 0.717) is 5.92 Å². The van der Waals surface area contributed by atoms with Crippen molar-refractivity contribution in [3.8, 4) is 0 Å². The minimum Gasteiger partial charge on any atom is -0.371 e. The molecule has 3 nitrogen and oxygen atoms in total. The molecule has 0 radical (unpaired) electrons. The van der Waals surface area contributed by atoms with E-state index < -0.39 is 0 Å². The normalized spacial score (nSPS) is 15.1. The van der Waals surface area contributed by atoms with Crippen molar-refractivity contribution < 1.29 is 4.74 Å². The Morgan fingerprint density at radius 2 is 2.11 bits per heavy atom. The number of ether oxygens (including phenoxy) is 1. The number of rotatable bonds is 7. The number of hydrogen-bond acceptors (Lipinski definition) is 4. The van der Waals surface area contributed by atoms with Gasteiger partial charge in [0.25, 0.3) is 0 Å². The van der Waals surface area contributed by atoms with Crippen LogP contribution in [0.3, 0.4) is 0 Å².